The zero-order valence-electron chi connectivity index (χ0n) is 58.4. The number of fused-ring (bicyclic) bond motifs is 2. The Morgan fingerprint density at radius 3 is 1.80 bits per heavy atom. The second-order valence-corrected chi connectivity index (χ2v) is 25.2. The SMILES string of the molecule is [C-]#[N+][C@@H]1CC(F)(F)CN1C(=O)CNC(=O)c1ccnc2ccc(OCCCCNC(=O)CN(CC(=O)NCCCCOc3ccc4cccc(C(=O)NCC(=O)N5CC(F)(F)C[C@H]5C#N)c4c3)[C@H]3CCN(C(=O)CCOCCOCCOCCOCCNC(=O)C(CNCCN)CNCCN)C3)cc12. The number of nitrogens with two attached hydrogens (primary N) is 2. The van der Waals surface area contributed by atoms with Gasteiger partial charge in [0.2, 0.25) is 35.4 Å². The van der Waals surface area contributed by atoms with Crippen LogP contribution in [-0.4, -0.2) is 279 Å². The molecule has 1 aromatic heterocycles. The summed E-state index contributed by atoms with van der Waals surface area (Å²) in [6.07, 6.45) is 1.21. The molecule has 4 heterocycles. The second kappa shape index (κ2) is 43.3. The fraction of sp³-hybridized carbons (Fsp3) is 0.586. The van der Waals surface area contributed by atoms with Crippen molar-refractivity contribution in [2.24, 2.45) is 17.4 Å². The highest BCUT2D eigenvalue weighted by molar-refractivity contribution is 6.09. The van der Waals surface area contributed by atoms with Crippen molar-refractivity contribution in [2.45, 2.75) is 81.5 Å². The van der Waals surface area contributed by atoms with Gasteiger partial charge in [-0.05, 0) is 85.3 Å². The van der Waals surface area contributed by atoms with Crippen LogP contribution in [0.2, 0.25) is 0 Å². The average Bonchev–Trinajstić information content (AvgIpc) is 0.857. The van der Waals surface area contributed by atoms with Crippen molar-refractivity contribution in [1.82, 2.24) is 61.8 Å². The number of nitrogens with one attached hydrogen (secondary N) is 7. The Balaban J connectivity index is 0.818. The Bertz CT molecular complexity index is 3380. The number of unbranched alkanes of at least 4 members (excludes halogenated alkanes) is 2. The monoisotopic (exact) mass is 1460 g/mol. The summed E-state index contributed by atoms with van der Waals surface area (Å²) in [6.45, 7) is 11.5. The van der Waals surface area contributed by atoms with Crippen LogP contribution in [0, 0.1) is 23.8 Å². The number of benzene rings is 3. The predicted molar refractivity (Wildman–Crippen MR) is 373 cm³/mol. The van der Waals surface area contributed by atoms with Crippen LogP contribution in [0.25, 0.3) is 26.5 Å². The molecule has 34 heteroatoms. The molecule has 0 aliphatic carbocycles. The fourth-order valence-corrected chi connectivity index (χ4v) is 11.9. The van der Waals surface area contributed by atoms with Crippen LogP contribution in [0.1, 0.15) is 72.1 Å². The van der Waals surface area contributed by atoms with E-state index < -0.39 is 86.7 Å². The van der Waals surface area contributed by atoms with E-state index in [2.05, 4.69) is 47.0 Å². The van der Waals surface area contributed by atoms with Gasteiger partial charge in [0.05, 0.1) is 135 Å². The van der Waals surface area contributed by atoms with Gasteiger partial charge in [-0.2, -0.15) is 5.26 Å². The first kappa shape index (κ1) is 82.3. The number of nitrogens with zero attached hydrogens (tertiary/aromatic N) is 7. The van der Waals surface area contributed by atoms with Gasteiger partial charge >= 0.3 is 6.17 Å². The van der Waals surface area contributed by atoms with E-state index in [1.165, 1.54) is 12.3 Å². The number of aromatic nitrogens is 1. The first-order valence-corrected chi connectivity index (χ1v) is 35.0. The molecule has 3 saturated heterocycles. The Morgan fingerprint density at radius 1 is 0.635 bits per heavy atom. The Morgan fingerprint density at radius 2 is 1.19 bits per heavy atom. The molecule has 4 aromatic rings. The number of nitriles is 1. The van der Waals surface area contributed by atoms with Gasteiger partial charge in [-0.3, -0.25) is 58.0 Å². The molecule has 7 rings (SSSR count). The van der Waals surface area contributed by atoms with E-state index in [9.17, 15) is 61.2 Å². The number of pyridine rings is 1. The third-order valence-electron chi connectivity index (χ3n) is 17.3. The van der Waals surface area contributed by atoms with E-state index in [0.29, 0.717) is 151 Å². The molecule has 3 aliphatic rings. The highest BCUT2D eigenvalue weighted by Crippen LogP contribution is 2.34. The van der Waals surface area contributed by atoms with Crippen LogP contribution in [0.5, 0.6) is 11.5 Å². The standard InChI is InChI=1S/C70H96F4N16O14/c1-78-60-38-70(73,74)48-90(60)65(95)43-86-68(98)56-13-20-81-59-12-11-54(36-58(56)59)104-26-5-3-19-83-62(92)46-88(51-14-24-87(44-51)63(93)15-27-99-29-31-101-33-34-102-32-30-100-28-23-84-66(96)50(40-79-21-16-75)41-80-22-17-76)45-61(91)82-18-2-4-25-103-53-10-9-49-7-6-8-55(57(49)35-53)67(97)85-42-64(94)89-47-69(71,72)37-52(89)39-77/h6-13,20,35-36,50-52,60,79-80H,2-5,14-19,21-34,37-38,40-48,75-76H2,(H,82,91)(H,83,92)(H,84,96)(H,85,97)(H,86,98)/t51-,52-,60-/m0/s1. The van der Waals surface area contributed by atoms with Crippen molar-refractivity contribution in [2.75, 3.05) is 177 Å². The van der Waals surface area contributed by atoms with Crippen molar-refractivity contribution in [1.29, 1.82) is 5.26 Å². The number of alkyl halides is 4. The van der Waals surface area contributed by atoms with E-state index in [1.807, 2.05) is 0 Å². The highest BCUT2D eigenvalue weighted by atomic mass is 19.3. The first-order chi connectivity index (χ1) is 50.2. The first-order valence-electron chi connectivity index (χ1n) is 35.0. The Kier molecular flexibility index (Phi) is 34.3. The molecule has 568 valence electrons. The molecule has 104 heavy (non-hydrogen) atoms. The number of carbonyl (C=O) groups is 8. The number of hydrogen-bond donors (Lipinski definition) is 9. The smallest absolute Gasteiger partial charge is 0.306 e. The Hall–Kier alpha value is -8.97. The minimum atomic E-state index is -3.20. The maximum Gasteiger partial charge on any atom is 0.306 e. The molecule has 3 aliphatic heterocycles. The van der Waals surface area contributed by atoms with Crippen molar-refractivity contribution in [3.8, 4) is 17.6 Å². The molecule has 0 spiro atoms. The maximum atomic E-state index is 14.0. The highest BCUT2D eigenvalue weighted by Gasteiger charge is 2.51. The summed E-state index contributed by atoms with van der Waals surface area (Å²) in [5, 5.41) is 31.0. The van der Waals surface area contributed by atoms with Crippen LogP contribution in [-0.2, 0) is 47.7 Å². The third-order valence-corrected chi connectivity index (χ3v) is 17.3. The van der Waals surface area contributed by atoms with Crippen LogP contribution in [0.4, 0.5) is 17.6 Å². The van der Waals surface area contributed by atoms with Gasteiger partial charge in [0, 0.05) is 102 Å². The van der Waals surface area contributed by atoms with E-state index in [1.54, 1.807) is 70.5 Å². The second-order valence-electron chi connectivity index (χ2n) is 25.2. The normalized spacial score (nSPS) is 16.7. The van der Waals surface area contributed by atoms with Gasteiger partial charge in [-0.25, -0.2) is 24.1 Å². The van der Waals surface area contributed by atoms with E-state index in [-0.39, 0.29) is 119 Å². The molecule has 0 unspecified atom stereocenters. The van der Waals surface area contributed by atoms with Gasteiger partial charge in [0.1, 0.15) is 24.0 Å². The lowest BCUT2D eigenvalue weighted by molar-refractivity contribution is -0.132. The zero-order valence-corrected chi connectivity index (χ0v) is 58.4. The number of hydrogen-bond acceptors (Lipinski definition) is 21. The Labute approximate surface area is 601 Å². The number of likely N-dealkylation sites (tertiary alicyclic amines) is 3. The minimum absolute atomic E-state index is 0.0948. The van der Waals surface area contributed by atoms with Gasteiger partial charge < -0.3 is 86.9 Å². The zero-order chi connectivity index (χ0) is 74.7. The summed E-state index contributed by atoms with van der Waals surface area (Å²) in [7, 11) is 0. The van der Waals surface area contributed by atoms with Crippen LogP contribution in [0.15, 0.2) is 66.9 Å². The largest absolute Gasteiger partial charge is 0.494 e. The lowest BCUT2D eigenvalue weighted by Crippen LogP contribution is -2.49. The summed E-state index contributed by atoms with van der Waals surface area (Å²) >= 11 is 0. The summed E-state index contributed by atoms with van der Waals surface area (Å²) < 4.78 is 90.4. The van der Waals surface area contributed by atoms with Crippen molar-refractivity contribution in [3.05, 3.63) is 89.4 Å². The third kappa shape index (κ3) is 27.3. The van der Waals surface area contributed by atoms with Crippen LogP contribution < -0.4 is 58.2 Å². The molecule has 0 bridgehead atoms. The van der Waals surface area contributed by atoms with Crippen molar-refractivity contribution < 1.29 is 84.3 Å². The number of halogens is 4. The van der Waals surface area contributed by atoms with E-state index in [4.69, 9.17) is 46.5 Å². The summed E-state index contributed by atoms with van der Waals surface area (Å²) in [4.78, 5) is 118. The molecule has 0 saturated carbocycles. The molecule has 0 radical (unpaired) electrons. The number of amides is 8. The van der Waals surface area contributed by atoms with Crippen LogP contribution in [0.3, 0.4) is 0 Å². The predicted octanol–water partition coefficient (Wildman–Crippen LogP) is 1.16. The minimum Gasteiger partial charge on any atom is -0.494 e. The van der Waals surface area contributed by atoms with Gasteiger partial charge in [-0.1, -0.05) is 18.2 Å². The van der Waals surface area contributed by atoms with Gasteiger partial charge in [-0.15, -0.1) is 0 Å². The molecular weight excluding hydrogens is 1360 g/mol. The lowest BCUT2D eigenvalue weighted by Gasteiger charge is -2.28. The molecule has 30 nitrogen and oxygen atoms in total. The quantitative estimate of drug-likeness (QED) is 0.0170. The van der Waals surface area contributed by atoms with Gasteiger partial charge in [0.15, 0.2) is 0 Å². The molecule has 8 amide bonds. The van der Waals surface area contributed by atoms with E-state index in [0.717, 1.165) is 9.80 Å². The summed E-state index contributed by atoms with van der Waals surface area (Å²) in [5.74, 6) is -9.61. The van der Waals surface area contributed by atoms with Crippen molar-refractivity contribution in [3.63, 3.8) is 0 Å². The fourth-order valence-electron chi connectivity index (χ4n) is 11.9. The summed E-state index contributed by atoms with van der Waals surface area (Å²) in [6, 6.07) is 16.7. The lowest BCUT2D eigenvalue weighted by atomic mass is 10.0. The molecular formula is C70H96F4N16O14. The number of ether oxygens (including phenoxy) is 6. The molecule has 3 aromatic carbocycles. The van der Waals surface area contributed by atoms with Crippen LogP contribution >= 0.6 is 0 Å². The topological polar surface area (TPSA) is 382 Å². The van der Waals surface area contributed by atoms with Gasteiger partial charge in [0.25, 0.3) is 23.7 Å². The molecule has 3 atom stereocenters. The van der Waals surface area contributed by atoms with E-state index >= 15 is 0 Å². The molecule has 11 N–H and O–H groups in total. The average molecular weight is 1460 g/mol. The molecule has 3 fully saturated rings. The van der Waals surface area contributed by atoms with Crippen molar-refractivity contribution >= 4 is 68.9 Å². The number of rotatable bonds is 47. The summed E-state index contributed by atoms with van der Waals surface area (Å²) in [5.41, 5.74) is 11.9. The number of carbonyl (C=O) groups excluding carboxylic acids is 8. The maximum absolute atomic E-state index is 14.0.